The Labute approximate surface area is 276 Å². The number of hydrogen-bond acceptors (Lipinski definition) is 8. The zero-order valence-corrected chi connectivity index (χ0v) is 29.0. The van der Waals surface area contributed by atoms with Crippen molar-refractivity contribution in [2.75, 3.05) is 45.1 Å². The van der Waals surface area contributed by atoms with Crippen LogP contribution in [0.1, 0.15) is 128 Å². The number of ether oxygens (including phenoxy) is 3. The van der Waals surface area contributed by atoms with E-state index in [9.17, 15) is 9.59 Å². The predicted molar refractivity (Wildman–Crippen MR) is 182 cm³/mol. The third-order valence-electron chi connectivity index (χ3n) is 7.86. The Bertz CT molecular complexity index is 928. The number of nitrogens with one attached hydrogen (secondary N) is 2. The highest BCUT2D eigenvalue weighted by Crippen LogP contribution is 2.14. The largest absolute Gasteiger partial charge is 0.465 e. The van der Waals surface area contributed by atoms with E-state index in [0.717, 1.165) is 45.2 Å². The van der Waals surface area contributed by atoms with Crippen molar-refractivity contribution in [1.29, 1.82) is 0 Å². The zero-order valence-electron chi connectivity index (χ0n) is 28.2. The van der Waals surface area contributed by atoms with E-state index >= 15 is 0 Å². The minimum Gasteiger partial charge on any atom is -0.465 e. The minimum atomic E-state index is -0.716. The summed E-state index contributed by atoms with van der Waals surface area (Å²) in [6, 6.07) is 1.63. The number of aromatic nitrogens is 1. The molecule has 0 aromatic carbocycles. The number of alkyl carbamates (subject to hydrolysis) is 2. The first kappa shape index (κ1) is 38.8. The normalized spacial score (nSPS) is 13.3. The number of hydrogen-bond donors (Lipinski definition) is 2. The van der Waals surface area contributed by atoms with Crippen LogP contribution >= 0.6 is 11.8 Å². The van der Waals surface area contributed by atoms with Crippen LogP contribution in [0.15, 0.2) is 10.6 Å². The maximum Gasteiger partial charge on any atom is 0.407 e. The fraction of sp³-hybridized carbons (Fsp3) is 0.824. The van der Waals surface area contributed by atoms with Crippen LogP contribution in [0, 0.1) is 6.92 Å². The Balaban J connectivity index is 1.48. The van der Waals surface area contributed by atoms with Crippen molar-refractivity contribution in [3.05, 3.63) is 11.8 Å². The van der Waals surface area contributed by atoms with Gasteiger partial charge < -0.3 is 29.4 Å². The van der Waals surface area contributed by atoms with Crippen LogP contribution in [0.25, 0.3) is 0 Å². The highest BCUT2D eigenvalue weighted by molar-refractivity contribution is 8.12. The molecule has 1 aromatic heterocycles. The lowest BCUT2D eigenvalue weighted by molar-refractivity contribution is -0.514. The highest BCUT2D eigenvalue weighted by Gasteiger charge is 2.19. The fourth-order valence-electron chi connectivity index (χ4n) is 5.16. The van der Waals surface area contributed by atoms with Crippen molar-refractivity contribution in [3.63, 3.8) is 0 Å². The molecule has 258 valence electrons. The Morgan fingerprint density at radius 3 is 1.80 bits per heavy atom. The molecular formula is C34H61N4O6S+. The van der Waals surface area contributed by atoms with E-state index in [4.69, 9.17) is 18.7 Å². The molecule has 1 aliphatic rings. The first-order chi connectivity index (χ1) is 22.1. The van der Waals surface area contributed by atoms with Crippen LogP contribution in [-0.2, 0) is 9.47 Å². The first-order valence-corrected chi connectivity index (χ1v) is 18.7. The molecule has 0 saturated heterocycles. The Morgan fingerprint density at radius 2 is 1.33 bits per heavy atom. The average Bonchev–Trinajstić information content (AvgIpc) is 3.71. The number of carbonyl (C=O) groups is 2. The fourth-order valence-corrected chi connectivity index (χ4v) is 6.03. The molecule has 0 radical (unpaired) electrons. The van der Waals surface area contributed by atoms with E-state index < -0.39 is 18.3 Å². The number of thioether (sulfide) groups is 1. The van der Waals surface area contributed by atoms with Gasteiger partial charge in [0.2, 0.25) is 0 Å². The lowest BCUT2D eigenvalue weighted by Gasteiger charge is -2.18. The molecule has 11 heteroatoms. The molecule has 0 spiro atoms. The third-order valence-corrected chi connectivity index (χ3v) is 8.72. The monoisotopic (exact) mass is 653 g/mol. The summed E-state index contributed by atoms with van der Waals surface area (Å²) in [5.41, 5.74) is 2.20. The van der Waals surface area contributed by atoms with Gasteiger partial charge in [0.25, 0.3) is 5.88 Å². The molecule has 1 unspecified atom stereocenters. The molecule has 1 atom stereocenters. The molecule has 0 fully saturated rings. The summed E-state index contributed by atoms with van der Waals surface area (Å²) in [5.74, 6) is 2.01. The standard InChI is InChI=1S/C34H60N4O6S/c1-3-4-5-6-7-8-9-10-11-12-13-14-15-16-18-21-35-33(39)41-27-31(43-32-26-30(2)44-37-32)28-42-34(40)36-22-19-17-20-23-38-24-25-45-29-38/h26,29,31H,3-25,27-28H2,1-2H3,(H-,35,36,39,40)/p+1. The molecule has 2 N–H and O–H groups in total. The van der Waals surface area contributed by atoms with Crippen LogP contribution < -0.4 is 15.4 Å². The van der Waals surface area contributed by atoms with E-state index in [1.165, 1.54) is 89.2 Å². The molecular weight excluding hydrogens is 592 g/mol. The molecule has 2 heterocycles. The SMILES string of the molecule is CCCCCCCCCCCCCCCCCNC(=O)OCC(COC(=O)NCCCCC[N+]1=CSCC1)Oc1cc(C)on1. The van der Waals surface area contributed by atoms with E-state index in [0.29, 0.717) is 18.8 Å². The number of carbonyl (C=O) groups excluding carboxylic acids is 2. The molecule has 10 nitrogen and oxygen atoms in total. The Morgan fingerprint density at radius 1 is 0.822 bits per heavy atom. The van der Waals surface area contributed by atoms with E-state index in [1.807, 2.05) is 11.8 Å². The van der Waals surface area contributed by atoms with Gasteiger partial charge in [-0.2, -0.15) is 0 Å². The minimum absolute atomic E-state index is 0.0876. The molecule has 1 aliphatic heterocycles. The number of nitrogens with zero attached hydrogens (tertiary/aromatic N) is 2. The Hall–Kier alpha value is -2.43. The van der Waals surface area contributed by atoms with Crippen LogP contribution in [0.2, 0.25) is 0 Å². The van der Waals surface area contributed by atoms with Gasteiger partial charge >= 0.3 is 12.2 Å². The van der Waals surface area contributed by atoms with E-state index in [1.54, 1.807) is 13.0 Å². The van der Waals surface area contributed by atoms with Crippen molar-refractivity contribution < 1.29 is 32.9 Å². The first-order valence-electron chi connectivity index (χ1n) is 17.7. The quantitative estimate of drug-likeness (QED) is 0.0691. The molecule has 2 amide bonds. The molecule has 2 rings (SSSR count). The summed E-state index contributed by atoms with van der Waals surface area (Å²) in [4.78, 5) is 24.5. The van der Waals surface area contributed by atoms with E-state index in [2.05, 4.69) is 32.8 Å². The second-order valence-electron chi connectivity index (χ2n) is 12.1. The smallest absolute Gasteiger partial charge is 0.407 e. The van der Waals surface area contributed by atoms with Crippen LogP contribution in [0.3, 0.4) is 0 Å². The van der Waals surface area contributed by atoms with Gasteiger partial charge in [-0.15, -0.1) is 0 Å². The predicted octanol–water partition coefficient (Wildman–Crippen LogP) is 8.01. The van der Waals surface area contributed by atoms with Gasteiger partial charge in [0.05, 0.1) is 5.75 Å². The third kappa shape index (κ3) is 21.9. The van der Waals surface area contributed by atoms with Gasteiger partial charge in [0.1, 0.15) is 25.5 Å². The summed E-state index contributed by atoms with van der Waals surface area (Å²) in [6.45, 7) is 7.14. The summed E-state index contributed by atoms with van der Waals surface area (Å²) < 4.78 is 23.8. The van der Waals surface area contributed by atoms with Crippen LogP contribution in [0.4, 0.5) is 9.59 Å². The number of unbranched alkanes of at least 4 members (excludes halogenated alkanes) is 16. The topological polar surface area (TPSA) is 115 Å². The average molecular weight is 654 g/mol. The maximum absolute atomic E-state index is 12.3. The summed E-state index contributed by atoms with van der Waals surface area (Å²) in [6.07, 6.45) is 20.8. The van der Waals surface area contributed by atoms with Crippen molar-refractivity contribution in [1.82, 2.24) is 15.8 Å². The van der Waals surface area contributed by atoms with Crippen molar-refractivity contribution >= 4 is 29.5 Å². The maximum atomic E-state index is 12.3. The van der Waals surface area contributed by atoms with Gasteiger partial charge in [-0.3, -0.25) is 0 Å². The van der Waals surface area contributed by atoms with Gasteiger partial charge in [-0.25, -0.2) is 14.2 Å². The van der Waals surface area contributed by atoms with Crippen molar-refractivity contribution in [3.8, 4) is 5.88 Å². The molecule has 1 aromatic rings. The molecule has 45 heavy (non-hydrogen) atoms. The van der Waals surface area contributed by atoms with Gasteiger partial charge in [-0.1, -0.05) is 109 Å². The highest BCUT2D eigenvalue weighted by atomic mass is 32.2. The van der Waals surface area contributed by atoms with Crippen molar-refractivity contribution in [2.45, 2.75) is 136 Å². The summed E-state index contributed by atoms with van der Waals surface area (Å²) >= 11 is 1.86. The summed E-state index contributed by atoms with van der Waals surface area (Å²) in [5, 5.41) is 9.40. The number of aryl methyl sites for hydroxylation is 1. The number of amides is 2. The molecule has 0 saturated carbocycles. The van der Waals surface area contributed by atoms with Crippen molar-refractivity contribution in [2.24, 2.45) is 0 Å². The van der Waals surface area contributed by atoms with Crippen LogP contribution in [0.5, 0.6) is 5.88 Å². The lowest BCUT2D eigenvalue weighted by atomic mass is 10.0. The van der Waals surface area contributed by atoms with Gasteiger partial charge in [-0.05, 0) is 31.3 Å². The Kier molecular flexibility index (Phi) is 23.0. The second-order valence-corrected chi connectivity index (χ2v) is 13.0. The molecule has 0 bridgehead atoms. The second kappa shape index (κ2) is 26.8. The van der Waals surface area contributed by atoms with E-state index in [-0.39, 0.29) is 19.1 Å². The molecule has 0 aliphatic carbocycles. The lowest BCUT2D eigenvalue weighted by Crippen LogP contribution is -2.36. The number of rotatable bonds is 28. The van der Waals surface area contributed by atoms with Gasteiger partial charge in [0, 0.05) is 25.6 Å². The van der Waals surface area contributed by atoms with Gasteiger partial charge in [0.15, 0.2) is 18.2 Å². The zero-order chi connectivity index (χ0) is 32.2. The summed E-state index contributed by atoms with van der Waals surface area (Å²) in [7, 11) is 0. The van der Waals surface area contributed by atoms with Crippen LogP contribution in [-0.4, -0.2) is 78.7 Å².